The van der Waals surface area contributed by atoms with Crippen LogP contribution in [0.1, 0.15) is 36.5 Å². The lowest BCUT2D eigenvalue weighted by Gasteiger charge is -2.32. The van der Waals surface area contributed by atoms with Gasteiger partial charge in [-0.3, -0.25) is 0 Å². The van der Waals surface area contributed by atoms with Gasteiger partial charge in [0.15, 0.2) is 0 Å². The van der Waals surface area contributed by atoms with E-state index in [2.05, 4.69) is 51.0 Å². The topological polar surface area (TPSA) is 34.0 Å². The molecule has 0 spiro atoms. The molecule has 21 heavy (non-hydrogen) atoms. The van der Waals surface area contributed by atoms with Crippen molar-refractivity contribution in [2.24, 2.45) is 0 Å². The molecule has 1 aliphatic heterocycles. The van der Waals surface area contributed by atoms with Crippen LogP contribution in [0.3, 0.4) is 0 Å². The van der Waals surface area contributed by atoms with Gasteiger partial charge in [0, 0.05) is 12.5 Å². The third kappa shape index (κ3) is 3.50. The van der Waals surface area contributed by atoms with Crippen molar-refractivity contribution in [1.29, 1.82) is 0 Å². The zero-order chi connectivity index (χ0) is 14.7. The summed E-state index contributed by atoms with van der Waals surface area (Å²) in [7, 11) is 2.23. The minimum absolute atomic E-state index is 0.608. The van der Waals surface area contributed by atoms with Crippen LogP contribution in [0.5, 0.6) is 0 Å². The summed E-state index contributed by atoms with van der Waals surface area (Å²) >= 11 is 0. The maximum Gasteiger partial charge on any atom is 0.147 e. The molecule has 0 bridgehead atoms. The molecule has 1 atom stereocenters. The molecule has 2 heterocycles. The molecule has 2 aromatic rings. The van der Waals surface area contributed by atoms with Crippen LogP contribution in [0, 0.1) is 6.92 Å². The fraction of sp³-hybridized carbons (Fsp3) is 0.529. The molecule has 0 unspecified atom stereocenters. The lowest BCUT2D eigenvalue weighted by Crippen LogP contribution is -2.38. The molecule has 0 N–H and O–H groups in total. The van der Waals surface area contributed by atoms with Crippen LogP contribution in [0.25, 0.3) is 0 Å². The van der Waals surface area contributed by atoms with Crippen molar-refractivity contribution in [3.8, 4) is 0 Å². The van der Waals surface area contributed by atoms with Gasteiger partial charge in [0.2, 0.25) is 0 Å². The Balaban J connectivity index is 1.76. The molecule has 0 aliphatic carbocycles. The second kappa shape index (κ2) is 6.39. The van der Waals surface area contributed by atoms with Gasteiger partial charge in [-0.1, -0.05) is 36.8 Å². The Morgan fingerprint density at radius 2 is 2.00 bits per heavy atom. The Morgan fingerprint density at radius 1 is 1.19 bits per heavy atom. The van der Waals surface area contributed by atoms with Gasteiger partial charge in [-0.15, -0.1) is 0 Å². The van der Waals surface area contributed by atoms with Crippen molar-refractivity contribution >= 4 is 0 Å². The van der Waals surface area contributed by atoms with Crippen LogP contribution in [0.2, 0.25) is 0 Å². The summed E-state index contributed by atoms with van der Waals surface area (Å²) < 4.78 is 2.08. The third-order valence-corrected chi connectivity index (χ3v) is 4.37. The first-order valence-electron chi connectivity index (χ1n) is 7.87. The van der Waals surface area contributed by atoms with Crippen molar-refractivity contribution in [3.05, 3.63) is 47.5 Å². The Kier molecular flexibility index (Phi) is 4.34. The number of rotatable bonds is 4. The summed E-state index contributed by atoms with van der Waals surface area (Å²) in [4.78, 5) is 7.13. The Hall–Kier alpha value is -1.68. The standard InChI is InChI=1S/C17H24N4/c1-14-18-17(12-16-10-6-7-11-20(16)2)21(19-14)13-15-8-4-3-5-9-15/h3-5,8-9,16H,6-7,10-13H2,1-2H3/t16-/m0/s1. The molecule has 0 amide bonds. The monoisotopic (exact) mass is 284 g/mol. The molecular weight excluding hydrogens is 260 g/mol. The fourth-order valence-corrected chi connectivity index (χ4v) is 3.15. The van der Waals surface area contributed by atoms with E-state index in [0.717, 1.165) is 24.6 Å². The van der Waals surface area contributed by atoms with Gasteiger partial charge in [-0.25, -0.2) is 9.67 Å². The van der Waals surface area contributed by atoms with E-state index in [9.17, 15) is 0 Å². The lowest BCUT2D eigenvalue weighted by molar-refractivity contribution is 0.181. The maximum atomic E-state index is 4.66. The smallest absolute Gasteiger partial charge is 0.147 e. The first-order valence-corrected chi connectivity index (χ1v) is 7.87. The van der Waals surface area contributed by atoms with E-state index in [-0.39, 0.29) is 0 Å². The minimum Gasteiger partial charge on any atom is -0.303 e. The van der Waals surface area contributed by atoms with Gasteiger partial charge in [-0.05, 0) is 38.9 Å². The van der Waals surface area contributed by atoms with Crippen molar-refractivity contribution in [2.45, 2.75) is 45.2 Å². The number of benzene rings is 1. The summed E-state index contributed by atoms with van der Waals surface area (Å²) in [5.41, 5.74) is 1.28. The molecule has 4 heteroatoms. The zero-order valence-electron chi connectivity index (χ0n) is 13.0. The molecule has 1 aliphatic rings. The number of aryl methyl sites for hydroxylation is 1. The number of piperidine rings is 1. The van der Waals surface area contributed by atoms with E-state index in [4.69, 9.17) is 0 Å². The molecule has 112 valence electrons. The van der Waals surface area contributed by atoms with Gasteiger partial charge in [0.25, 0.3) is 0 Å². The molecular formula is C17H24N4. The molecule has 0 saturated carbocycles. The quantitative estimate of drug-likeness (QED) is 0.865. The largest absolute Gasteiger partial charge is 0.303 e. The highest BCUT2D eigenvalue weighted by atomic mass is 15.3. The maximum absolute atomic E-state index is 4.66. The van der Waals surface area contributed by atoms with E-state index in [1.54, 1.807) is 0 Å². The van der Waals surface area contributed by atoms with Gasteiger partial charge in [0.05, 0.1) is 6.54 Å². The highest BCUT2D eigenvalue weighted by molar-refractivity contribution is 5.15. The average molecular weight is 284 g/mol. The molecule has 1 aromatic heterocycles. The molecule has 3 rings (SSSR count). The van der Waals surface area contributed by atoms with E-state index < -0.39 is 0 Å². The second-order valence-corrected chi connectivity index (χ2v) is 6.05. The van der Waals surface area contributed by atoms with E-state index in [1.165, 1.54) is 31.4 Å². The number of likely N-dealkylation sites (N-methyl/N-ethyl adjacent to an activating group) is 1. The first kappa shape index (κ1) is 14.3. The number of hydrogen-bond donors (Lipinski definition) is 0. The lowest BCUT2D eigenvalue weighted by atomic mass is 10.00. The Labute approximate surface area is 126 Å². The molecule has 0 radical (unpaired) electrons. The summed E-state index contributed by atoms with van der Waals surface area (Å²) in [5, 5.41) is 4.58. The van der Waals surface area contributed by atoms with Crippen LogP contribution in [-0.4, -0.2) is 39.3 Å². The van der Waals surface area contributed by atoms with Crippen LogP contribution < -0.4 is 0 Å². The Bertz CT molecular complexity index is 576. The van der Waals surface area contributed by atoms with Crippen molar-refractivity contribution in [2.75, 3.05) is 13.6 Å². The van der Waals surface area contributed by atoms with Gasteiger partial charge in [0.1, 0.15) is 11.6 Å². The number of likely N-dealkylation sites (tertiary alicyclic amines) is 1. The second-order valence-electron chi connectivity index (χ2n) is 6.05. The van der Waals surface area contributed by atoms with Crippen LogP contribution in [0.4, 0.5) is 0 Å². The van der Waals surface area contributed by atoms with Crippen molar-refractivity contribution < 1.29 is 0 Å². The predicted molar refractivity (Wildman–Crippen MR) is 84.3 cm³/mol. The predicted octanol–water partition coefficient (Wildman–Crippen LogP) is 2.66. The van der Waals surface area contributed by atoms with Gasteiger partial charge >= 0.3 is 0 Å². The number of hydrogen-bond acceptors (Lipinski definition) is 3. The molecule has 4 nitrogen and oxygen atoms in total. The fourth-order valence-electron chi connectivity index (χ4n) is 3.15. The highest BCUT2D eigenvalue weighted by Crippen LogP contribution is 2.19. The third-order valence-electron chi connectivity index (χ3n) is 4.37. The van der Waals surface area contributed by atoms with E-state index >= 15 is 0 Å². The highest BCUT2D eigenvalue weighted by Gasteiger charge is 2.21. The molecule has 1 fully saturated rings. The summed E-state index contributed by atoms with van der Waals surface area (Å²) in [6.07, 6.45) is 4.93. The SMILES string of the molecule is Cc1nc(C[C@@H]2CCCCN2C)n(Cc2ccccc2)n1. The van der Waals surface area contributed by atoms with Crippen molar-refractivity contribution in [3.63, 3.8) is 0 Å². The summed E-state index contributed by atoms with van der Waals surface area (Å²) in [5.74, 6) is 1.99. The Morgan fingerprint density at radius 3 is 2.76 bits per heavy atom. The normalized spacial score (nSPS) is 19.8. The van der Waals surface area contributed by atoms with E-state index in [1.807, 2.05) is 13.0 Å². The van der Waals surface area contributed by atoms with E-state index in [0.29, 0.717) is 6.04 Å². The number of aromatic nitrogens is 3. The first-order chi connectivity index (χ1) is 10.2. The minimum atomic E-state index is 0.608. The molecule has 1 saturated heterocycles. The molecule has 1 aromatic carbocycles. The van der Waals surface area contributed by atoms with Gasteiger partial charge < -0.3 is 4.90 Å². The van der Waals surface area contributed by atoms with Crippen LogP contribution in [-0.2, 0) is 13.0 Å². The number of nitrogens with zero attached hydrogens (tertiary/aromatic N) is 4. The summed E-state index contributed by atoms with van der Waals surface area (Å²) in [6, 6.07) is 11.1. The average Bonchev–Trinajstić information content (AvgIpc) is 2.82. The summed E-state index contributed by atoms with van der Waals surface area (Å²) in [6.45, 7) is 4.00. The van der Waals surface area contributed by atoms with Crippen LogP contribution >= 0.6 is 0 Å². The zero-order valence-corrected chi connectivity index (χ0v) is 13.0. The van der Waals surface area contributed by atoms with Gasteiger partial charge in [-0.2, -0.15) is 5.10 Å². The van der Waals surface area contributed by atoms with Crippen LogP contribution in [0.15, 0.2) is 30.3 Å². The van der Waals surface area contributed by atoms with Crippen molar-refractivity contribution in [1.82, 2.24) is 19.7 Å².